The van der Waals surface area contributed by atoms with Gasteiger partial charge in [0.25, 0.3) is 5.56 Å². The average Bonchev–Trinajstić information content (AvgIpc) is 3.33. The van der Waals surface area contributed by atoms with Gasteiger partial charge in [-0.2, -0.15) is 10.1 Å². The lowest BCUT2D eigenvalue weighted by atomic mass is 10.1. The van der Waals surface area contributed by atoms with E-state index in [1.165, 1.54) is 17.1 Å². The summed E-state index contributed by atoms with van der Waals surface area (Å²) in [5, 5.41) is 26.9. The van der Waals surface area contributed by atoms with Crippen LogP contribution in [0.5, 0.6) is 0 Å². The topological polar surface area (TPSA) is 214 Å². The zero-order valence-corrected chi connectivity index (χ0v) is 15.9. The monoisotopic (exact) mass is 427 g/mol. The molecule has 0 saturated carbocycles. The molecular formula is C14H18N7O7P. The molecule has 15 heteroatoms. The molecule has 1 aliphatic heterocycles. The van der Waals surface area contributed by atoms with Crippen LogP contribution >= 0.6 is 7.60 Å². The highest BCUT2D eigenvalue weighted by Crippen LogP contribution is 2.42. The Balaban J connectivity index is 1.55. The Labute approximate surface area is 161 Å². The summed E-state index contributed by atoms with van der Waals surface area (Å²) in [5.74, 6) is -0.158. The highest BCUT2D eigenvalue weighted by Gasteiger charge is 2.45. The highest BCUT2D eigenvalue weighted by molar-refractivity contribution is 7.61. The van der Waals surface area contributed by atoms with Gasteiger partial charge in [-0.05, 0) is 6.92 Å². The zero-order chi connectivity index (χ0) is 20.9. The first kappa shape index (κ1) is 19.7. The second-order valence-corrected chi connectivity index (χ2v) is 8.30. The number of nitrogens with zero attached hydrogens (tertiary/aromatic N) is 4. The molecule has 1 unspecified atom stereocenters. The number of imidazole rings is 1. The van der Waals surface area contributed by atoms with E-state index in [1.807, 2.05) is 0 Å². The van der Waals surface area contributed by atoms with Gasteiger partial charge in [0, 0.05) is 5.69 Å². The van der Waals surface area contributed by atoms with Crippen molar-refractivity contribution in [3.63, 3.8) is 0 Å². The quantitative estimate of drug-likeness (QED) is 0.242. The first-order valence-corrected chi connectivity index (χ1v) is 9.98. The molecule has 0 radical (unpaired) electrons. The summed E-state index contributed by atoms with van der Waals surface area (Å²) in [7, 11) is -4.23. The van der Waals surface area contributed by atoms with E-state index < -0.39 is 44.3 Å². The van der Waals surface area contributed by atoms with E-state index in [0.717, 1.165) is 0 Å². The van der Waals surface area contributed by atoms with Gasteiger partial charge in [0.1, 0.15) is 23.6 Å². The summed E-state index contributed by atoms with van der Waals surface area (Å²) in [6.07, 6.45) is -2.82. The van der Waals surface area contributed by atoms with Crippen LogP contribution in [0.1, 0.15) is 11.9 Å². The number of aliphatic hydroxyl groups excluding tert-OH is 2. The summed E-state index contributed by atoms with van der Waals surface area (Å²) in [5.41, 5.74) is 5.35. The minimum absolute atomic E-state index is 0.0124. The maximum absolute atomic E-state index is 12.4. The fourth-order valence-electron chi connectivity index (χ4n) is 3.10. The third-order valence-corrected chi connectivity index (χ3v) is 6.14. The zero-order valence-electron chi connectivity index (χ0n) is 15.0. The fourth-order valence-corrected chi connectivity index (χ4v) is 4.26. The van der Waals surface area contributed by atoms with Crippen molar-refractivity contribution in [2.24, 2.45) is 0 Å². The number of aromatic nitrogens is 6. The molecule has 14 nitrogen and oxygen atoms in total. The molecule has 0 aromatic carbocycles. The predicted octanol–water partition coefficient (Wildman–Crippen LogP) is -2.12. The number of hydrogen-bond donors (Lipinski definition) is 6. The Morgan fingerprint density at radius 1 is 1.41 bits per heavy atom. The van der Waals surface area contributed by atoms with E-state index in [-0.39, 0.29) is 22.4 Å². The molecule has 0 spiro atoms. The first-order chi connectivity index (χ1) is 13.7. The van der Waals surface area contributed by atoms with Crippen LogP contribution in [0.15, 0.2) is 17.3 Å². The van der Waals surface area contributed by atoms with Crippen molar-refractivity contribution in [1.29, 1.82) is 0 Å². The van der Waals surface area contributed by atoms with Gasteiger partial charge in [-0.3, -0.25) is 24.0 Å². The van der Waals surface area contributed by atoms with Crippen molar-refractivity contribution in [3.8, 4) is 0 Å². The SMILES string of the molecule is Cc1[nH]ncc1P(=O)(O)OC[C@H]1O[C@@H](n2cnc3c(=O)[nH]c(N)nc32)[C@H](O)[C@@H]1O. The lowest BCUT2D eigenvalue weighted by Gasteiger charge is -2.17. The molecule has 29 heavy (non-hydrogen) atoms. The summed E-state index contributed by atoms with van der Waals surface area (Å²) < 4.78 is 24.3. The van der Waals surface area contributed by atoms with Gasteiger partial charge < -0.3 is 30.1 Å². The predicted molar refractivity (Wildman–Crippen MR) is 97.2 cm³/mol. The minimum atomic E-state index is -4.23. The van der Waals surface area contributed by atoms with Crippen molar-refractivity contribution >= 4 is 30.0 Å². The molecule has 1 saturated heterocycles. The van der Waals surface area contributed by atoms with Gasteiger partial charge in [-0.25, -0.2) is 4.98 Å². The van der Waals surface area contributed by atoms with E-state index >= 15 is 0 Å². The number of aromatic amines is 2. The lowest BCUT2D eigenvalue weighted by molar-refractivity contribution is -0.0481. The largest absolute Gasteiger partial charge is 0.387 e. The molecule has 3 aromatic heterocycles. The first-order valence-electron chi connectivity index (χ1n) is 8.41. The maximum atomic E-state index is 12.4. The standard InChI is InChI=1S/C14H18N7O7P/c1-5-7(2-17-20-5)29(25,26)27-3-6-9(22)10(23)13(28-6)21-4-16-8-11(21)18-14(15)19-12(8)24/h2,4,6,9-10,13,22-23H,3H2,1H3,(H,17,20)(H,25,26)(H3,15,18,19,24)/t6-,9-,10-,13-/m1/s1. The van der Waals surface area contributed by atoms with Gasteiger partial charge in [-0.1, -0.05) is 0 Å². The molecule has 4 heterocycles. The molecule has 4 rings (SSSR count). The van der Waals surface area contributed by atoms with Crippen molar-refractivity contribution in [2.45, 2.75) is 31.5 Å². The smallest absolute Gasteiger partial charge is 0.362 e. The number of fused-ring (bicyclic) bond motifs is 1. The fraction of sp³-hybridized carbons (Fsp3) is 0.429. The number of H-pyrrole nitrogens is 2. The van der Waals surface area contributed by atoms with Gasteiger partial charge in [-0.15, -0.1) is 0 Å². The molecule has 1 fully saturated rings. The van der Waals surface area contributed by atoms with E-state index in [9.17, 15) is 24.5 Å². The van der Waals surface area contributed by atoms with E-state index in [4.69, 9.17) is 15.0 Å². The molecule has 0 bridgehead atoms. The van der Waals surface area contributed by atoms with Crippen molar-refractivity contribution < 1.29 is 28.9 Å². The van der Waals surface area contributed by atoms with Crippen LogP contribution in [0, 0.1) is 6.92 Å². The normalized spacial score (nSPS) is 26.8. The third kappa shape index (κ3) is 3.35. The number of nitrogens with one attached hydrogen (secondary N) is 2. The van der Waals surface area contributed by atoms with Crippen LogP contribution in [0.2, 0.25) is 0 Å². The molecule has 156 valence electrons. The van der Waals surface area contributed by atoms with Crippen LogP contribution in [0.3, 0.4) is 0 Å². The molecule has 1 aliphatic rings. The summed E-state index contributed by atoms with van der Waals surface area (Å²) in [4.78, 5) is 32.2. The lowest BCUT2D eigenvalue weighted by Crippen LogP contribution is -2.34. The highest BCUT2D eigenvalue weighted by atomic mass is 31.2. The van der Waals surface area contributed by atoms with Crippen molar-refractivity contribution in [1.82, 2.24) is 29.7 Å². The summed E-state index contributed by atoms with van der Waals surface area (Å²) in [6, 6.07) is 0. The number of anilines is 1. The van der Waals surface area contributed by atoms with Gasteiger partial charge in [0.2, 0.25) is 5.95 Å². The second kappa shape index (κ2) is 7.02. The Kier molecular flexibility index (Phi) is 4.77. The summed E-state index contributed by atoms with van der Waals surface area (Å²) >= 11 is 0. The molecular weight excluding hydrogens is 409 g/mol. The Morgan fingerprint density at radius 2 is 2.17 bits per heavy atom. The summed E-state index contributed by atoms with van der Waals surface area (Å²) in [6.45, 7) is 1.07. The van der Waals surface area contributed by atoms with E-state index in [2.05, 4.69) is 25.1 Å². The molecule has 0 amide bonds. The number of nitrogens with two attached hydrogens (primary N) is 1. The number of ether oxygens (including phenoxy) is 1. The van der Waals surface area contributed by atoms with Crippen LogP contribution in [0.25, 0.3) is 11.2 Å². The maximum Gasteiger partial charge on any atom is 0.362 e. The molecule has 5 atom stereocenters. The molecule has 0 aliphatic carbocycles. The van der Waals surface area contributed by atoms with Crippen molar-refractivity contribution in [3.05, 3.63) is 28.6 Å². The third-order valence-electron chi connectivity index (χ3n) is 4.58. The average molecular weight is 427 g/mol. The number of nitrogen functional groups attached to an aromatic ring is 1. The van der Waals surface area contributed by atoms with Crippen LogP contribution in [-0.4, -0.2) is 69.7 Å². The minimum Gasteiger partial charge on any atom is -0.387 e. The van der Waals surface area contributed by atoms with Gasteiger partial charge >= 0.3 is 7.60 Å². The van der Waals surface area contributed by atoms with Gasteiger partial charge in [0.05, 0.1) is 19.1 Å². The molecule has 3 aromatic rings. The number of hydrogen-bond acceptors (Lipinski definition) is 10. The van der Waals surface area contributed by atoms with Crippen LogP contribution < -0.4 is 16.6 Å². The van der Waals surface area contributed by atoms with Crippen molar-refractivity contribution in [2.75, 3.05) is 12.3 Å². The van der Waals surface area contributed by atoms with Gasteiger partial charge in [0.15, 0.2) is 17.4 Å². The Bertz CT molecular complexity index is 1160. The van der Waals surface area contributed by atoms with Crippen LogP contribution in [-0.2, 0) is 13.8 Å². The number of rotatable bonds is 5. The van der Waals surface area contributed by atoms with E-state index in [0.29, 0.717) is 5.69 Å². The molecule has 7 N–H and O–H groups in total. The van der Waals surface area contributed by atoms with E-state index in [1.54, 1.807) is 6.92 Å². The Morgan fingerprint density at radius 3 is 2.86 bits per heavy atom. The second-order valence-electron chi connectivity index (χ2n) is 6.52. The van der Waals surface area contributed by atoms with Crippen LogP contribution in [0.4, 0.5) is 5.95 Å². The number of aliphatic hydroxyl groups is 2. The number of aryl methyl sites for hydroxylation is 1. The Hall–Kier alpha value is -2.61.